The van der Waals surface area contributed by atoms with E-state index in [1.54, 1.807) is 6.07 Å². The molecule has 0 unspecified atom stereocenters. The molecule has 0 spiro atoms. The van der Waals surface area contributed by atoms with Crippen LogP contribution in [-0.2, 0) is 6.42 Å². The zero-order valence-electron chi connectivity index (χ0n) is 10.4. The highest BCUT2D eigenvalue weighted by Crippen LogP contribution is 2.48. The molecular weight excluding hydrogens is 281 g/mol. The zero-order chi connectivity index (χ0) is 12.5. The molecule has 0 aromatic heterocycles. The van der Waals surface area contributed by atoms with Crippen LogP contribution in [0.25, 0.3) is 0 Å². The summed E-state index contributed by atoms with van der Waals surface area (Å²) in [6.45, 7) is 5.30. The highest BCUT2D eigenvalue weighted by atomic mass is 79.9. The molecule has 0 bridgehead atoms. The minimum atomic E-state index is -0.0878. The number of halogens is 2. The monoisotopic (exact) mass is 299 g/mol. The maximum atomic E-state index is 13.8. The summed E-state index contributed by atoms with van der Waals surface area (Å²) in [4.78, 5) is 0. The summed E-state index contributed by atoms with van der Waals surface area (Å²) in [5.74, 6) is -0.0878. The van der Waals surface area contributed by atoms with E-state index >= 15 is 0 Å². The molecule has 1 aromatic carbocycles. The molecule has 2 rings (SSSR count). The smallest absolute Gasteiger partial charge is 0.127 e. The van der Waals surface area contributed by atoms with Gasteiger partial charge in [0, 0.05) is 17.1 Å². The lowest BCUT2D eigenvalue weighted by atomic mass is 9.96. The fraction of sp³-hybridized carbons (Fsp3) is 0.571. The van der Waals surface area contributed by atoms with Crippen LogP contribution in [0.5, 0.6) is 0 Å². The average Bonchev–Trinajstić information content (AvgIpc) is 3.00. The Bertz CT molecular complexity index is 399. The average molecular weight is 300 g/mol. The minimum Gasteiger partial charge on any atom is -0.314 e. The van der Waals surface area contributed by atoms with Crippen molar-refractivity contribution >= 4 is 15.9 Å². The topological polar surface area (TPSA) is 12.0 Å². The van der Waals surface area contributed by atoms with Crippen molar-refractivity contribution < 1.29 is 4.39 Å². The molecule has 1 aliphatic carbocycles. The third kappa shape index (κ3) is 3.52. The van der Waals surface area contributed by atoms with Gasteiger partial charge < -0.3 is 5.32 Å². The second-order valence-electron chi connectivity index (χ2n) is 5.45. The SMILES string of the molecule is CC(C)NCC1(Cc2ccc(Br)cc2F)CC1. The summed E-state index contributed by atoms with van der Waals surface area (Å²) < 4.78 is 14.6. The molecule has 0 aliphatic heterocycles. The predicted octanol–water partition coefficient (Wildman–Crippen LogP) is 3.91. The Kier molecular flexibility index (Phi) is 3.88. The first-order valence-corrected chi connectivity index (χ1v) is 6.97. The summed E-state index contributed by atoms with van der Waals surface area (Å²) >= 11 is 3.29. The van der Waals surface area contributed by atoms with Crippen molar-refractivity contribution in [3.8, 4) is 0 Å². The molecule has 0 radical (unpaired) electrons. The van der Waals surface area contributed by atoms with E-state index in [9.17, 15) is 4.39 Å². The van der Waals surface area contributed by atoms with Crippen molar-refractivity contribution in [2.45, 2.75) is 39.2 Å². The molecule has 1 aliphatic rings. The Labute approximate surface area is 111 Å². The molecule has 1 N–H and O–H groups in total. The molecule has 0 atom stereocenters. The highest BCUT2D eigenvalue weighted by Gasteiger charge is 2.42. The van der Waals surface area contributed by atoms with Crippen molar-refractivity contribution in [3.05, 3.63) is 34.1 Å². The Morgan fingerprint density at radius 2 is 2.12 bits per heavy atom. The number of hydrogen-bond acceptors (Lipinski definition) is 1. The lowest BCUT2D eigenvalue weighted by Gasteiger charge is -2.18. The van der Waals surface area contributed by atoms with Gasteiger partial charge in [0.2, 0.25) is 0 Å². The van der Waals surface area contributed by atoms with Crippen LogP contribution in [0.4, 0.5) is 4.39 Å². The molecule has 3 heteroatoms. The van der Waals surface area contributed by atoms with E-state index in [-0.39, 0.29) is 5.82 Å². The van der Waals surface area contributed by atoms with Gasteiger partial charge in [-0.3, -0.25) is 0 Å². The first kappa shape index (κ1) is 13.0. The van der Waals surface area contributed by atoms with Gasteiger partial charge in [0.1, 0.15) is 5.82 Å². The van der Waals surface area contributed by atoms with Gasteiger partial charge in [0.05, 0.1) is 0 Å². The number of hydrogen-bond donors (Lipinski definition) is 1. The Hall–Kier alpha value is -0.410. The fourth-order valence-electron chi connectivity index (χ4n) is 2.08. The molecule has 94 valence electrons. The van der Waals surface area contributed by atoms with E-state index in [0.29, 0.717) is 11.5 Å². The third-order valence-electron chi connectivity index (χ3n) is 3.42. The normalized spacial score (nSPS) is 17.5. The molecule has 0 amide bonds. The van der Waals surface area contributed by atoms with E-state index in [0.717, 1.165) is 23.0 Å². The quantitative estimate of drug-likeness (QED) is 0.869. The molecule has 1 aromatic rings. The Morgan fingerprint density at radius 3 is 2.65 bits per heavy atom. The second kappa shape index (κ2) is 5.07. The van der Waals surface area contributed by atoms with Gasteiger partial charge in [-0.25, -0.2) is 4.39 Å². The number of benzene rings is 1. The molecule has 1 fully saturated rings. The van der Waals surface area contributed by atoms with Crippen LogP contribution in [0.3, 0.4) is 0 Å². The summed E-state index contributed by atoms with van der Waals surface area (Å²) in [7, 11) is 0. The van der Waals surface area contributed by atoms with Crippen molar-refractivity contribution in [3.63, 3.8) is 0 Å². The fourth-order valence-corrected chi connectivity index (χ4v) is 2.42. The van der Waals surface area contributed by atoms with E-state index < -0.39 is 0 Å². The Morgan fingerprint density at radius 1 is 1.41 bits per heavy atom. The minimum absolute atomic E-state index is 0.0878. The van der Waals surface area contributed by atoms with Crippen molar-refractivity contribution in [1.29, 1.82) is 0 Å². The van der Waals surface area contributed by atoms with Crippen LogP contribution in [0.1, 0.15) is 32.3 Å². The predicted molar refractivity (Wildman–Crippen MR) is 72.6 cm³/mol. The first-order chi connectivity index (χ1) is 8.01. The van der Waals surface area contributed by atoms with Crippen molar-refractivity contribution in [2.75, 3.05) is 6.54 Å². The summed E-state index contributed by atoms with van der Waals surface area (Å²) in [6, 6.07) is 5.88. The third-order valence-corrected chi connectivity index (χ3v) is 3.92. The first-order valence-electron chi connectivity index (χ1n) is 6.18. The highest BCUT2D eigenvalue weighted by molar-refractivity contribution is 9.10. The summed E-state index contributed by atoms with van der Waals surface area (Å²) in [5, 5.41) is 3.47. The van der Waals surface area contributed by atoms with E-state index in [2.05, 4.69) is 35.1 Å². The second-order valence-corrected chi connectivity index (χ2v) is 6.36. The molecule has 17 heavy (non-hydrogen) atoms. The standard InChI is InChI=1S/C14H19BrFN/c1-10(2)17-9-14(5-6-14)8-11-3-4-12(15)7-13(11)16/h3-4,7,10,17H,5-6,8-9H2,1-2H3. The lowest BCUT2D eigenvalue weighted by Crippen LogP contribution is -2.31. The molecular formula is C14H19BrFN. The van der Waals surface area contributed by atoms with Gasteiger partial charge in [0.15, 0.2) is 0 Å². The maximum absolute atomic E-state index is 13.8. The molecule has 0 heterocycles. The largest absolute Gasteiger partial charge is 0.314 e. The van der Waals surface area contributed by atoms with Gasteiger partial charge in [-0.15, -0.1) is 0 Å². The molecule has 1 saturated carbocycles. The summed E-state index contributed by atoms with van der Waals surface area (Å²) in [5.41, 5.74) is 1.15. The van der Waals surface area contributed by atoms with E-state index in [1.807, 2.05) is 12.1 Å². The van der Waals surface area contributed by atoms with Gasteiger partial charge in [-0.05, 0) is 42.4 Å². The lowest BCUT2D eigenvalue weighted by molar-refractivity contribution is 0.422. The van der Waals surface area contributed by atoms with Crippen molar-refractivity contribution in [1.82, 2.24) is 5.32 Å². The molecule has 0 saturated heterocycles. The van der Waals surface area contributed by atoms with E-state index in [4.69, 9.17) is 0 Å². The van der Waals surface area contributed by atoms with Gasteiger partial charge >= 0.3 is 0 Å². The van der Waals surface area contributed by atoms with Gasteiger partial charge in [0.25, 0.3) is 0 Å². The van der Waals surface area contributed by atoms with Crippen LogP contribution < -0.4 is 5.32 Å². The van der Waals surface area contributed by atoms with E-state index in [1.165, 1.54) is 12.8 Å². The van der Waals surface area contributed by atoms with Crippen LogP contribution in [-0.4, -0.2) is 12.6 Å². The van der Waals surface area contributed by atoms with Crippen LogP contribution in [0.2, 0.25) is 0 Å². The van der Waals surface area contributed by atoms with Crippen molar-refractivity contribution in [2.24, 2.45) is 5.41 Å². The van der Waals surface area contributed by atoms with Crippen LogP contribution in [0.15, 0.2) is 22.7 Å². The van der Waals surface area contributed by atoms with Gasteiger partial charge in [-0.2, -0.15) is 0 Å². The summed E-state index contributed by atoms with van der Waals surface area (Å²) in [6.07, 6.45) is 3.27. The maximum Gasteiger partial charge on any atom is 0.127 e. The number of nitrogens with one attached hydrogen (secondary N) is 1. The van der Waals surface area contributed by atoms with Gasteiger partial charge in [-0.1, -0.05) is 35.8 Å². The Balaban J connectivity index is 2.00. The molecule has 1 nitrogen and oxygen atoms in total. The van der Waals surface area contributed by atoms with Crippen LogP contribution >= 0.6 is 15.9 Å². The number of rotatable bonds is 5. The van der Waals surface area contributed by atoms with Crippen LogP contribution in [0, 0.1) is 11.2 Å². The zero-order valence-corrected chi connectivity index (χ0v) is 12.0.